The van der Waals surface area contributed by atoms with E-state index >= 15 is 0 Å². The highest BCUT2D eigenvalue weighted by molar-refractivity contribution is 5.79. The Morgan fingerprint density at radius 1 is 1.17 bits per heavy atom. The first-order chi connectivity index (χ1) is 11.1. The lowest BCUT2D eigenvalue weighted by Crippen LogP contribution is -2.36. The van der Waals surface area contributed by atoms with E-state index in [0.717, 1.165) is 30.4 Å². The molecule has 0 aliphatic heterocycles. The second-order valence-electron chi connectivity index (χ2n) is 5.77. The largest absolute Gasteiger partial charge is 0.359 e. The van der Waals surface area contributed by atoms with Gasteiger partial charge in [0, 0.05) is 19.7 Å². The number of aryl methyl sites for hydroxylation is 1. The Labute approximate surface area is 138 Å². The molecular weight excluding hydrogens is 288 g/mol. The summed E-state index contributed by atoms with van der Waals surface area (Å²) >= 11 is 0. The molecule has 1 heterocycles. The van der Waals surface area contributed by atoms with Crippen LogP contribution in [0.1, 0.15) is 49.3 Å². The van der Waals surface area contributed by atoms with Crippen molar-refractivity contribution in [2.24, 2.45) is 4.99 Å². The summed E-state index contributed by atoms with van der Waals surface area (Å²) in [6, 6.07) is 10.4. The van der Waals surface area contributed by atoms with Crippen LogP contribution in [0.25, 0.3) is 0 Å². The number of nitrogens with zero attached hydrogens (tertiary/aromatic N) is 2. The maximum absolute atomic E-state index is 5.32. The number of nitrogens with one attached hydrogen (secondary N) is 2. The van der Waals surface area contributed by atoms with Crippen LogP contribution in [-0.4, -0.2) is 18.2 Å². The van der Waals surface area contributed by atoms with Gasteiger partial charge in [0.05, 0.1) is 12.2 Å². The van der Waals surface area contributed by atoms with Gasteiger partial charge in [-0.25, -0.2) is 0 Å². The molecule has 0 atom stereocenters. The molecule has 5 heteroatoms. The number of hydrogen-bond donors (Lipinski definition) is 2. The SMILES string of the molecule is CCc1ccccc1CNC(=NC)NCc1cc(C(C)C)no1. The maximum Gasteiger partial charge on any atom is 0.191 e. The van der Waals surface area contributed by atoms with E-state index in [2.05, 4.69) is 65.8 Å². The van der Waals surface area contributed by atoms with Crippen LogP contribution in [0.15, 0.2) is 39.8 Å². The van der Waals surface area contributed by atoms with Gasteiger partial charge in [0.15, 0.2) is 11.7 Å². The molecular formula is C18H26N4O. The number of aromatic nitrogens is 1. The Balaban J connectivity index is 1.88. The van der Waals surface area contributed by atoms with Crippen LogP contribution in [0, 0.1) is 0 Å². The first-order valence-electron chi connectivity index (χ1n) is 8.10. The lowest BCUT2D eigenvalue weighted by molar-refractivity contribution is 0.372. The van der Waals surface area contributed by atoms with E-state index in [1.165, 1.54) is 11.1 Å². The molecule has 0 saturated carbocycles. The second-order valence-corrected chi connectivity index (χ2v) is 5.77. The predicted octanol–water partition coefficient (Wildman–Crippen LogP) is 3.23. The average Bonchev–Trinajstić information content (AvgIpc) is 3.04. The van der Waals surface area contributed by atoms with Crippen LogP contribution in [-0.2, 0) is 19.5 Å². The summed E-state index contributed by atoms with van der Waals surface area (Å²) in [6.07, 6.45) is 1.03. The van der Waals surface area contributed by atoms with Gasteiger partial charge in [0.2, 0.25) is 0 Å². The molecule has 0 aliphatic carbocycles. The maximum atomic E-state index is 5.32. The van der Waals surface area contributed by atoms with E-state index in [9.17, 15) is 0 Å². The highest BCUT2D eigenvalue weighted by atomic mass is 16.5. The van der Waals surface area contributed by atoms with Gasteiger partial charge < -0.3 is 15.2 Å². The Morgan fingerprint density at radius 2 is 1.87 bits per heavy atom. The number of aliphatic imine (C=N–C) groups is 1. The number of guanidine groups is 1. The van der Waals surface area contributed by atoms with Crippen molar-refractivity contribution < 1.29 is 4.52 Å². The van der Waals surface area contributed by atoms with E-state index in [-0.39, 0.29) is 0 Å². The third-order valence-electron chi connectivity index (χ3n) is 3.77. The van der Waals surface area contributed by atoms with Crippen LogP contribution in [0.5, 0.6) is 0 Å². The summed E-state index contributed by atoms with van der Waals surface area (Å²) in [5.74, 6) is 1.93. The van der Waals surface area contributed by atoms with Crippen molar-refractivity contribution in [2.75, 3.05) is 7.05 Å². The highest BCUT2D eigenvalue weighted by Crippen LogP contribution is 2.13. The minimum Gasteiger partial charge on any atom is -0.359 e. The molecule has 124 valence electrons. The number of hydrogen-bond acceptors (Lipinski definition) is 3. The van der Waals surface area contributed by atoms with Gasteiger partial charge in [0.25, 0.3) is 0 Å². The minimum atomic E-state index is 0.371. The van der Waals surface area contributed by atoms with Crippen LogP contribution in [0.2, 0.25) is 0 Å². The number of benzene rings is 1. The topological polar surface area (TPSA) is 62.5 Å². The van der Waals surface area contributed by atoms with Gasteiger partial charge in [-0.05, 0) is 23.5 Å². The van der Waals surface area contributed by atoms with Crippen molar-refractivity contribution in [3.8, 4) is 0 Å². The van der Waals surface area contributed by atoms with Crippen molar-refractivity contribution in [2.45, 2.75) is 46.2 Å². The van der Waals surface area contributed by atoms with Gasteiger partial charge in [-0.15, -0.1) is 0 Å². The van der Waals surface area contributed by atoms with Gasteiger partial charge >= 0.3 is 0 Å². The fourth-order valence-electron chi connectivity index (χ4n) is 2.33. The van der Waals surface area contributed by atoms with Crippen molar-refractivity contribution in [3.63, 3.8) is 0 Å². The lowest BCUT2D eigenvalue weighted by atomic mass is 10.1. The van der Waals surface area contributed by atoms with Crippen molar-refractivity contribution in [3.05, 3.63) is 52.9 Å². The van der Waals surface area contributed by atoms with E-state index in [4.69, 9.17) is 4.52 Å². The molecule has 23 heavy (non-hydrogen) atoms. The lowest BCUT2D eigenvalue weighted by Gasteiger charge is -2.13. The third kappa shape index (κ3) is 4.84. The summed E-state index contributed by atoms with van der Waals surface area (Å²) in [5, 5.41) is 10.6. The van der Waals surface area contributed by atoms with Gasteiger partial charge in [-0.2, -0.15) is 0 Å². The summed E-state index contributed by atoms with van der Waals surface area (Å²) in [5.41, 5.74) is 3.62. The first-order valence-corrected chi connectivity index (χ1v) is 8.10. The Kier molecular flexibility index (Phi) is 6.20. The Hall–Kier alpha value is -2.30. The summed E-state index contributed by atoms with van der Waals surface area (Å²) < 4.78 is 5.32. The third-order valence-corrected chi connectivity index (χ3v) is 3.77. The molecule has 2 N–H and O–H groups in total. The van der Waals surface area contributed by atoms with E-state index in [1.54, 1.807) is 7.05 Å². The Bertz CT molecular complexity index is 646. The smallest absolute Gasteiger partial charge is 0.191 e. The average molecular weight is 314 g/mol. The first kappa shape index (κ1) is 17.1. The molecule has 5 nitrogen and oxygen atoms in total. The number of rotatable bonds is 6. The molecule has 0 radical (unpaired) electrons. The molecule has 0 amide bonds. The van der Waals surface area contributed by atoms with Gasteiger partial charge in [0.1, 0.15) is 0 Å². The molecule has 2 aromatic rings. The molecule has 0 saturated heterocycles. The molecule has 1 aromatic carbocycles. The molecule has 0 aliphatic rings. The standard InChI is InChI=1S/C18H26N4O/c1-5-14-8-6-7-9-15(14)11-20-18(19-4)21-12-16-10-17(13(2)3)22-23-16/h6-10,13H,5,11-12H2,1-4H3,(H2,19,20,21). The summed E-state index contributed by atoms with van der Waals surface area (Å²) in [6.45, 7) is 7.68. The van der Waals surface area contributed by atoms with Crippen LogP contribution >= 0.6 is 0 Å². The summed E-state index contributed by atoms with van der Waals surface area (Å²) in [4.78, 5) is 4.25. The molecule has 0 spiro atoms. The fraction of sp³-hybridized carbons (Fsp3) is 0.444. The summed E-state index contributed by atoms with van der Waals surface area (Å²) in [7, 11) is 1.76. The molecule has 0 unspecified atom stereocenters. The minimum absolute atomic E-state index is 0.371. The second kappa shape index (κ2) is 8.36. The predicted molar refractivity (Wildman–Crippen MR) is 93.5 cm³/mol. The molecule has 0 fully saturated rings. The van der Waals surface area contributed by atoms with E-state index in [0.29, 0.717) is 12.5 Å². The van der Waals surface area contributed by atoms with Crippen molar-refractivity contribution in [1.29, 1.82) is 0 Å². The van der Waals surface area contributed by atoms with Gasteiger partial charge in [-0.3, -0.25) is 4.99 Å². The van der Waals surface area contributed by atoms with Crippen LogP contribution < -0.4 is 10.6 Å². The zero-order valence-corrected chi connectivity index (χ0v) is 14.4. The zero-order valence-electron chi connectivity index (χ0n) is 14.4. The fourth-order valence-corrected chi connectivity index (χ4v) is 2.33. The quantitative estimate of drug-likeness (QED) is 0.635. The zero-order chi connectivity index (χ0) is 16.7. The van der Waals surface area contributed by atoms with Crippen molar-refractivity contribution >= 4 is 5.96 Å². The van der Waals surface area contributed by atoms with Crippen LogP contribution in [0.4, 0.5) is 0 Å². The van der Waals surface area contributed by atoms with Crippen molar-refractivity contribution in [1.82, 2.24) is 15.8 Å². The van der Waals surface area contributed by atoms with E-state index in [1.807, 2.05) is 6.07 Å². The molecule has 0 bridgehead atoms. The van der Waals surface area contributed by atoms with Gasteiger partial charge in [-0.1, -0.05) is 50.2 Å². The van der Waals surface area contributed by atoms with Crippen LogP contribution in [0.3, 0.4) is 0 Å². The Morgan fingerprint density at radius 3 is 2.48 bits per heavy atom. The molecule has 1 aromatic heterocycles. The monoisotopic (exact) mass is 314 g/mol. The molecule has 2 rings (SSSR count). The van der Waals surface area contributed by atoms with E-state index < -0.39 is 0 Å². The normalized spacial score (nSPS) is 11.8. The highest BCUT2D eigenvalue weighted by Gasteiger charge is 2.08.